The van der Waals surface area contributed by atoms with E-state index in [0.29, 0.717) is 0 Å². The molecule has 0 radical (unpaired) electrons. The van der Waals surface area contributed by atoms with Crippen LogP contribution in [0.25, 0.3) is 0 Å². The first kappa shape index (κ1) is 12.9. The Balaban J connectivity index is 1.93. The Kier molecular flexibility index (Phi) is 4.45. The molecule has 94 valence electrons. The molecule has 4 heteroatoms. The van der Waals surface area contributed by atoms with Crippen LogP contribution in [-0.2, 0) is 16.6 Å². The third kappa shape index (κ3) is 3.22. The minimum absolute atomic E-state index is 0.118. The van der Waals surface area contributed by atoms with Gasteiger partial charge in [-0.15, -0.1) is 0 Å². The molecule has 1 aromatic rings. The maximum Gasteiger partial charge on any atom is 0.134 e. The van der Waals surface area contributed by atoms with E-state index in [1.54, 1.807) is 0 Å². The van der Waals surface area contributed by atoms with Crippen LogP contribution in [0.1, 0.15) is 5.56 Å². The molecule has 0 bridgehead atoms. The van der Waals surface area contributed by atoms with Gasteiger partial charge in [0, 0.05) is 5.56 Å². The van der Waals surface area contributed by atoms with Crippen LogP contribution in [0.3, 0.4) is 0 Å². The monoisotopic (exact) mass is 255 g/mol. The first-order valence-electron chi connectivity index (χ1n) is 5.85. The number of aliphatic hydroxyl groups is 3. The van der Waals surface area contributed by atoms with Crippen molar-refractivity contribution in [3.05, 3.63) is 35.9 Å². The quantitative estimate of drug-likeness (QED) is 0.671. The second kappa shape index (κ2) is 5.87. The van der Waals surface area contributed by atoms with Crippen LogP contribution >= 0.6 is 0 Å². The fourth-order valence-corrected chi connectivity index (χ4v) is 5.00. The van der Waals surface area contributed by atoms with Gasteiger partial charge in [-0.2, -0.15) is 0 Å². The molecule has 4 atom stereocenters. The van der Waals surface area contributed by atoms with E-state index in [1.807, 2.05) is 18.2 Å². The molecule has 0 saturated carbocycles. The molecule has 2 rings (SSSR count). The maximum absolute atomic E-state index is 9.87. The van der Waals surface area contributed by atoms with E-state index in [1.165, 1.54) is 5.56 Å². The van der Waals surface area contributed by atoms with Gasteiger partial charge in [-0.1, -0.05) is 30.3 Å². The van der Waals surface area contributed by atoms with Crippen molar-refractivity contribution in [1.29, 1.82) is 0 Å². The lowest BCUT2D eigenvalue weighted by Gasteiger charge is -2.15. The molecule has 0 amide bonds. The number of hydrogen-bond acceptors (Lipinski definition) is 3. The van der Waals surface area contributed by atoms with Crippen LogP contribution in [0.2, 0.25) is 0 Å². The summed E-state index contributed by atoms with van der Waals surface area (Å²) in [7, 11) is 0.118. The Bertz CT molecular complexity index is 344. The molecule has 0 aliphatic carbocycles. The summed E-state index contributed by atoms with van der Waals surface area (Å²) < 4.78 is 0. The largest absolute Gasteiger partial charge is 0.394 e. The van der Waals surface area contributed by atoms with Crippen LogP contribution in [0.4, 0.5) is 0 Å². The Morgan fingerprint density at radius 3 is 2.59 bits per heavy atom. The number of benzene rings is 1. The van der Waals surface area contributed by atoms with E-state index < -0.39 is 12.2 Å². The summed E-state index contributed by atoms with van der Waals surface area (Å²) in [6.45, 7) is -0.260. The molecule has 1 saturated heterocycles. The fourth-order valence-electron chi connectivity index (χ4n) is 2.25. The predicted octanol–water partition coefficient (Wildman–Crippen LogP) is 0.149. The zero-order valence-electron chi connectivity index (χ0n) is 9.70. The summed E-state index contributed by atoms with van der Waals surface area (Å²) in [4.78, 5) is 0. The van der Waals surface area contributed by atoms with E-state index in [2.05, 4.69) is 12.1 Å². The summed E-state index contributed by atoms with van der Waals surface area (Å²) in [5.41, 5.74) is 1.28. The molecule has 0 spiro atoms. The zero-order chi connectivity index (χ0) is 12.3. The van der Waals surface area contributed by atoms with Crippen LogP contribution in [0, 0.1) is 5.92 Å². The third-order valence-corrected chi connectivity index (χ3v) is 5.63. The molecule has 1 aliphatic heterocycles. The van der Waals surface area contributed by atoms with Crippen molar-refractivity contribution >= 4 is 10.9 Å². The number of aliphatic hydroxyl groups excluding tert-OH is 3. The lowest BCUT2D eigenvalue weighted by Crippen LogP contribution is -2.32. The second-order valence-corrected chi connectivity index (χ2v) is 6.74. The van der Waals surface area contributed by atoms with Crippen LogP contribution in [-0.4, -0.2) is 45.6 Å². The van der Waals surface area contributed by atoms with Gasteiger partial charge in [0.25, 0.3) is 0 Å². The Morgan fingerprint density at radius 2 is 1.94 bits per heavy atom. The standard InChI is InChI=1S/C13H19O3S/c14-6-12(15)11-8-17(9-13(11)16)7-10-4-2-1-3-5-10/h1-5,11-16H,6-9H2/q+1/t11-,12-,13-,17?/m1/s1. The van der Waals surface area contributed by atoms with Crippen LogP contribution in [0.15, 0.2) is 30.3 Å². The molecule has 0 aromatic heterocycles. The number of hydrogen-bond donors (Lipinski definition) is 3. The van der Waals surface area contributed by atoms with Gasteiger partial charge in [-0.05, 0) is 10.9 Å². The van der Waals surface area contributed by atoms with Crippen LogP contribution in [0.5, 0.6) is 0 Å². The third-order valence-electron chi connectivity index (χ3n) is 3.22. The second-order valence-electron chi connectivity index (χ2n) is 4.56. The van der Waals surface area contributed by atoms with Crippen LogP contribution < -0.4 is 0 Å². The smallest absolute Gasteiger partial charge is 0.134 e. The summed E-state index contributed by atoms with van der Waals surface area (Å²) in [5, 5.41) is 28.4. The minimum atomic E-state index is -0.779. The highest BCUT2D eigenvalue weighted by atomic mass is 32.2. The van der Waals surface area contributed by atoms with Gasteiger partial charge in [-0.3, -0.25) is 0 Å². The van der Waals surface area contributed by atoms with Crippen molar-refractivity contribution in [2.24, 2.45) is 5.92 Å². The zero-order valence-corrected chi connectivity index (χ0v) is 10.5. The summed E-state index contributed by atoms with van der Waals surface area (Å²) in [5.74, 6) is 2.37. The Labute approximate surface area is 104 Å². The molecule has 1 aliphatic rings. The van der Waals surface area contributed by atoms with Gasteiger partial charge in [-0.25, -0.2) is 0 Å². The minimum Gasteiger partial charge on any atom is -0.394 e. The van der Waals surface area contributed by atoms with Gasteiger partial charge in [0.1, 0.15) is 23.4 Å². The molecule has 3 N–H and O–H groups in total. The average Bonchev–Trinajstić information content (AvgIpc) is 2.70. The van der Waals surface area contributed by atoms with Crippen molar-refractivity contribution in [3.63, 3.8) is 0 Å². The van der Waals surface area contributed by atoms with Crippen molar-refractivity contribution < 1.29 is 15.3 Å². The normalized spacial score (nSPS) is 30.4. The molecular formula is C13H19O3S+. The molecule has 3 nitrogen and oxygen atoms in total. The highest BCUT2D eigenvalue weighted by Crippen LogP contribution is 2.26. The fraction of sp³-hybridized carbons (Fsp3) is 0.538. The summed E-state index contributed by atoms with van der Waals surface area (Å²) >= 11 is 0. The Morgan fingerprint density at radius 1 is 1.24 bits per heavy atom. The lowest BCUT2D eigenvalue weighted by atomic mass is 10.0. The van der Waals surface area contributed by atoms with E-state index in [4.69, 9.17) is 5.11 Å². The summed E-state index contributed by atoms with van der Waals surface area (Å²) in [6.07, 6.45) is -1.25. The van der Waals surface area contributed by atoms with Gasteiger partial charge >= 0.3 is 0 Å². The van der Waals surface area contributed by atoms with Gasteiger partial charge in [0.05, 0.1) is 18.6 Å². The first-order chi connectivity index (χ1) is 8.20. The van der Waals surface area contributed by atoms with Crippen molar-refractivity contribution in [2.45, 2.75) is 18.0 Å². The predicted molar refractivity (Wildman–Crippen MR) is 69.8 cm³/mol. The first-order valence-corrected chi connectivity index (χ1v) is 7.59. The molecule has 1 heterocycles. The van der Waals surface area contributed by atoms with E-state index >= 15 is 0 Å². The van der Waals surface area contributed by atoms with E-state index in [-0.39, 0.29) is 23.4 Å². The van der Waals surface area contributed by atoms with Gasteiger partial charge in [0.2, 0.25) is 0 Å². The Hall–Kier alpha value is -0.550. The molecule has 1 aromatic carbocycles. The summed E-state index contributed by atoms with van der Waals surface area (Å²) in [6, 6.07) is 10.2. The van der Waals surface area contributed by atoms with Gasteiger partial charge in [0.15, 0.2) is 0 Å². The van der Waals surface area contributed by atoms with Crippen molar-refractivity contribution in [1.82, 2.24) is 0 Å². The molecule has 1 unspecified atom stereocenters. The van der Waals surface area contributed by atoms with Gasteiger partial charge < -0.3 is 15.3 Å². The molecular weight excluding hydrogens is 236 g/mol. The lowest BCUT2D eigenvalue weighted by molar-refractivity contribution is 0.00718. The SMILES string of the molecule is OC[C@@H](O)[C@H]1C[S+](Cc2ccccc2)C[C@H]1O. The van der Waals surface area contributed by atoms with E-state index in [0.717, 1.165) is 17.3 Å². The number of rotatable bonds is 4. The highest BCUT2D eigenvalue weighted by Gasteiger charge is 2.43. The van der Waals surface area contributed by atoms with Crippen molar-refractivity contribution in [3.8, 4) is 0 Å². The van der Waals surface area contributed by atoms with Crippen molar-refractivity contribution in [2.75, 3.05) is 18.1 Å². The average molecular weight is 255 g/mol. The maximum atomic E-state index is 9.87. The highest BCUT2D eigenvalue weighted by molar-refractivity contribution is 7.96. The molecule has 17 heavy (non-hydrogen) atoms. The van der Waals surface area contributed by atoms with E-state index in [9.17, 15) is 10.2 Å². The molecule has 1 fully saturated rings. The topological polar surface area (TPSA) is 60.7 Å².